The van der Waals surface area contributed by atoms with E-state index in [1.165, 1.54) is 11.1 Å². The molecule has 3 aliphatic rings. The zero-order valence-corrected chi connectivity index (χ0v) is 22.5. The van der Waals surface area contributed by atoms with Gasteiger partial charge in [0.25, 0.3) is 0 Å². The van der Waals surface area contributed by atoms with Crippen molar-refractivity contribution in [3.05, 3.63) is 53.6 Å². The quantitative estimate of drug-likeness (QED) is 0.421. The summed E-state index contributed by atoms with van der Waals surface area (Å²) in [6.45, 7) is 3.25. The monoisotopic (exact) mass is 506 g/mol. The van der Waals surface area contributed by atoms with Crippen LogP contribution < -0.4 is 10.1 Å². The van der Waals surface area contributed by atoms with Crippen molar-refractivity contribution in [2.24, 2.45) is 17.3 Å². The van der Waals surface area contributed by atoms with Crippen LogP contribution in [0.15, 0.2) is 42.5 Å². The van der Waals surface area contributed by atoms with Crippen molar-refractivity contribution in [2.75, 3.05) is 26.0 Å². The van der Waals surface area contributed by atoms with Crippen molar-refractivity contribution in [3.63, 3.8) is 0 Å². The molecule has 6 atom stereocenters. The largest absolute Gasteiger partial charge is 0.508 e. The van der Waals surface area contributed by atoms with Crippen LogP contribution in [0.3, 0.4) is 0 Å². The number of carbonyl (C=O) groups excluding carboxylic acids is 1. The highest BCUT2D eigenvalue weighted by molar-refractivity contribution is 5.90. The molecule has 0 bridgehead atoms. The molecule has 1 amide bonds. The van der Waals surface area contributed by atoms with Gasteiger partial charge in [0.05, 0.1) is 6.10 Å². The number of nitrogens with zero attached hydrogens (tertiary/aromatic N) is 1. The maximum absolute atomic E-state index is 12.3. The SMILES string of the molecule is CN(C)CCCCC(=O)Nc1ccc(O[C@H]2C[C@]3(C)[C@@H](O)CC[C@H]3[C@@H]3CCc4cc(O)ccc4[C@H]32)cc1. The minimum atomic E-state index is -0.291. The van der Waals surface area contributed by atoms with Crippen LogP contribution in [0.25, 0.3) is 0 Å². The number of amides is 1. The number of ether oxygens (including phenoxy) is 1. The van der Waals surface area contributed by atoms with E-state index in [0.29, 0.717) is 24.0 Å². The summed E-state index contributed by atoms with van der Waals surface area (Å²) >= 11 is 0. The summed E-state index contributed by atoms with van der Waals surface area (Å²) in [6, 6.07) is 13.5. The van der Waals surface area contributed by atoms with Crippen LogP contribution >= 0.6 is 0 Å². The maximum atomic E-state index is 12.3. The van der Waals surface area contributed by atoms with Gasteiger partial charge in [-0.25, -0.2) is 0 Å². The number of benzene rings is 2. The first kappa shape index (κ1) is 26.1. The summed E-state index contributed by atoms with van der Waals surface area (Å²) in [5, 5.41) is 24.1. The van der Waals surface area contributed by atoms with Crippen LogP contribution in [0.2, 0.25) is 0 Å². The van der Waals surface area contributed by atoms with Crippen LogP contribution in [0.1, 0.15) is 68.9 Å². The number of aliphatic hydroxyl groups excluding tert-OH is 1. The number of aliphatic hydroxyl groups is 1. The zero-order valence-electron chi connectivity index (χ0n) is 22.5. The molecule has 2 aromatic rings. The Balaban J connectivity index is 1.30. The summed E-state index contributed by atoms with van der Waals surface area (Å²) in [6.07, 6.45) is 6.83. The highest BCUT2D eigenvalue weighted by Crippen LogP contribution is 2.61. The second kappa shape index (κ2) is 10.7. The molecule has 200 valence electrons. The number of carbonyl (C=O) groups is 1. The number of phenols is 1. The van der Waals surface area contributed by atoms with Gasteiger partial charge in [-0.15, -0.1) is 0 Å². The van der Waals surface area contributed by atoms with Crippen LogP contribution in [0.5, 0.6) is 11.5 Å². The van der Waals surface area contributed by atoms with Crippen LogP contribution in [-0.2, 0) is 11.2 Å². The fraction of sp³-hybridized carbons (Fsp3) is 0.581. The molecule has 0 unspecified atom stereocenters. The third kappa shape index (κ3) is 5.37. The van der Waals surface area contributed by atoms with Crippen molar-refractivity contribution in [1.29, 1.82) is 0 Å². The molecule has 3 N–H and O–H groups in total. The number of aromatic hydroxyl groups is 1. The molecule has 5 rings (SSSR count). The smallest absolute Gasteiger partial charge is 0.224 e. The van der Waals surface area contributed by atoms with E-state index in [9.17, 15) is 15.0 Å². The number of hydrogen-bond donors (Lipinski definition) is 3. The van der Waals surface area contributed by atoms with Gasteiger partial charge in [-0.3, -0.25) is 4.79 Å². The Morgan fingerprint density at radius 1 is 1.11 bits per heavy atom. The predicted octanol–water partition coefficient (Wildman–Crippen LogP) is 5.34. The van der Waals surface area contributed by atoms with Crippen molar-refractivity contribution < 1.29 is 19.7 Å². The summed E-state index contributed by atoms with van der Waals surface area (Å²) in [5.41, 5.74) is 3.16. The van der Waals surface area contributed by atoms with Gasteiger partial charge in [-0.05, 0) is 125 Å². The maximum Gasteiger partial charge on any atom is 0.224 e. The van der Waals surface area contributed by atoms with Crippen molar-refractivity contribution >= 4 is 11.6 Å². The Morgan fingerprint density at radius 2 is 1.89 bits per heavy atom. The summed E-state index contributed by atoms with van der Waals surface area (Å²) in [4.78, 5) is 14.5. The summed E-state index contributed by atoms with van der Waals surface area (Å²) < 4.78 is 6.70. The minimum Gasteiger partial charge on any atom is -0.508 e. The van der Waals surface area contributed by atoms with E-state index in [2.05, 4.69) is 23.2 Å². The Hall–Kier alpha value is -2.57. The number of fused-ring (bicyclic) bond motifs is 5. The molecule has 6 heteroatoms. The van der Waals surface area contributed by atoms with E-state index < -0.39 is 0 Å². The van der Waals surface area contributed by atoms with Gasteiger partial charge in [0.1, 0.15) is 17.6 Å². The summed E-state index contributed by atoms with van der Waals surface area (Å²) in [7, 11) is 4.09. The Bertz CT molecular complexity index is 1100. The predicted molar refractivity (Wildman–Crippen MR) is 146 cm³/mol. The molecule has 2 aromatic carbocycles. The lowest BCUT2D eigenvalue weighted by atomic mass is 9.54. The fourth-order valence-corrected chi connectivity index (χ4v) is 7.43. The Kier molecular flexibility index (Phi) is 7.51. The van der Waals surface area contributed by atoms with Crippen molar-refractivity contribution in [1.82, 2.24) is 4.90 Å². The first-order chi connectivity index (χ1) is 17.7. The zero-order chi connectivity index (χ0) is 26.2. The average Bonchev–Trinajstić information content (AvgIpc) is 3.16. The second-order valence-corrected chi connectivity index (χ2v) is 12.0. The molecule has 0 aliphatic heterocycles. The number of hydrogen-bond acceptors (Lipinski definition) is 5. The lowest BCUT2D eigenvalue weighted by Crippen LogP contribution is -2.51. The van der Waals surface area contributed by atoms with Gasteiger partial charge in [-0.2, -0.15) is 0 Å². The summed E-state index contributed by atoms with van der Waals surface area (Å²) in [5.74, 6) is 2.34. The van der Waals surface area contributed by atoms with Crippen molar-refractivity contribution in [3.8, 4) is 11.5 Å². The van der Waals surface area contributed by atoms with Gasteiger partial charge in [0, 0.05) is 23.4 Å². The topological polar surface area (TPSA) is 82.0 Å². The van der Waals surface area contributed by atoms with Gasteiger partial charge >= 0.3 is 0 Å². The third-order valence-corrected chi connectivity index (χ3v) is 9.30. The molecule has 0 heterocycles. The van der Waals surface area contributed by atoms with Gasteiger partial charge in [0.2, 0.25) is 5.91 Å². The molecule has 2 fully saturated rings. The number of anilines is 1. The molecule has 2 saturated carbocycles. The van der Waals surface area contributed by atoms with E-state index in [1.54, 1.807) is 6.07 Å². The number of unbranched alkanes of at least 4 members (excludes halogenated alkanes) is 1. The first-order valence-corrected chi connectivity index (χ1v) is 14.0. The molecule has 0 spiro atoms. The second-order valence-electron chi connectivity index (χ2n) is 12.0. The molecular formula is C31H42N2O4. The van der Waals surface area contributed by atoms with E-state index in [-0.39, 0.29) is 29.4 Å². The molecule has 0 saturated heterocycles. The Morgan fingerprint density at radius 3 is 2.65 bits per heavy atom. The molecule has 0 aromatic heterocycles. The van der Waals surface area contributed by atoms with Crippen LogP contribution in [0.4, 0.5) is 5.69 Å². The van der Waals surface area contributed by atoms with E-state index in [0.717, 1.165) is 62.9 Å². The minimum absolute atomic E-state index is 0.0406. The molecule has 37 heavy (non-hydrogen) atoms. The normalized spacial score (nSPS) is 30.4. The lowest BCUT2D eigenvalue weighted by molar-refractivity contribution is -0.116. The highest BCUT2D eigenvalue weighted by Gasteiger charge is 2.58. The number of aryl methyl sites for hydroxylation is 1. The van der Waals surface area contributed by atoms with Gasteiger partial charge in [-0.1, -0.05) is 13.0 Å². The first-order valence-electron chi connectivity index (χ1n) is 14.0. The lowest BCUT2D eigenvalue weighted by Gasteiger charge is -2.53. The average molecular weight is 507 g/mol. The molecule has 3 aliphatic carbocycles. The standard InChI is InChI=1S/C31H42N2O4/c1-31-19-27(37-23-11-8-21(9-12-23)32-29(36)6-4-5-17-33(2)3)30-24-14-10-22(34)18-20(24)7-13-25(30)26(31)15-16-28(31)35/h8-12,14,18,25-28,30,34-35H,4-7,13,15-17,19H2,1-3H3,(H,32,36)/t25-,26-,27-,28-,30+,31-/m0/s1. The molecular weight excluding hydrogens is 464 g/mol. The highest BCUT2D eigenvalue weighted by atomic mass is 16.5. The third-order valence-electron chi connectivity index (χ3n) is 9.30. The van der Waals surface area contributed by atoms with Crippen molar-refractivity contribution in [2.45, 2.75) is 76.4 Å². The van der Waals surface area contributed by atoms with E-state index >= 15 is 0 Å². The fourth-order valence-electron chi connectivity index (χ4n) is 7.43. The number of phenolic OH excluding ortho intramolecular Hbond substituents is 1. The van der Waals surface area contributed by atoms with E-state index in [1.807, 2.05) is 44.4 Å². The van der Waals surface area contributed by atoms with Crippen LogP contribution in [0, 0.1) is 17.3 Å². The van der Waals surface area contributed by atoms with E-state index in [4.69, 9.17) is 4.74 Å². The number of nitrogens with one attached hydrogen (secondary N) is 1. The Labute approximate surface area is 221 Å². The molecule has 0 radical (unpaired) electrons. The van der Waals surface area contributed by atoms with Gasteiger partial charge < -0.3 is 25.2 Å². The van der Waals surface area contributed by atoms with Crippen LogP contribution in [-0.4, -0.2) is 53.9 Å². The van der Waals surface area contributed by atoms with Gasteiger partial charge in [0.15, 0.2) is 0 Å². The molecule has 6 nitrogen and oxygen atoms in total. The number of rotatable bonds is 8.